The molecule has 1 aromatic carbocycles. The molecule has 0 aliphatic carbocycles. The first-order valence-corrected chi connectivity index (χ1v) is 6.76. The Labute approximate surface area is 110 Å². The average molecular weight is 251 g/mol. The van der Waals surface area contributed by atoms with E-state index in [-0.39, 0.29) is 5.75 Å². The number of ether oxygens (including phenoxy) is 1. The van der Waals surface area contributed by atoms with Crippen LogP contribution in [0.2, 0.25) is 0 Å². The average Bonchev–Trinajstić information content (AvgIpc) is 2.38. The molecular formula is C15H25NO2. The number of phenolic OH excluding ortho intramolecular Hbond substituents is 1. The molecule has 0 aliphatic rings. The zero-order chi connectivity index (χ0) is 13.4. The van der Waals surface area contributed by atoms with Gasteiger partial charge in [0.1, 0.15) is 0 Å². The summed E-state index contributed by atoms with van der Waals surface area (Å²) >= 11 is 0. The van der Waals surface area contributed by atoms with Crippen molar-refractivity contribution >= 4 is 0 Å². The number of nitrogens with one attached hydrogen (secondary N) is 1. The molecule has 1 atom stereocenters. The van der Waals surface area contributed by atoms with E-state index in [1.54, 1.807) is 13.2 Å². The Morgan fingerprint density at radius 1 is 1.33 bits per heavy atom. The number of aromatic hydroxyl groups is 1. The Hall–Kier alpha value is -1.22. The molecule has 0 saturated heterocycles. The first-order chi connectivity index (χ1) is 8.67. The fraction of sp³-hybridized carbons (Fsp3) is 0.600. The molecule has 1 rings (SSSR count). The van der Waals surface area contributed by atoms with E-state index in [0.29, 0.717) is 11.8 Å². The summed E-state index contributed by atoms with van der Waals surface area (Å²) in [5.41, 5.74) is 1.13. The topological polar surface area (TPSA) is 41.5 Å². The van der Waals surface area contributed by atoms with Gasteiger partial charge in [0, 0.05) is 12.6 Å². The van der Waals surface area contributed by atoms with Crippen LogP contribution >= 0.6 is 0 Å². The van der Waals surface area contributed by atoms with E-state index < -0.39 is 0 Å². The van der Waals surface area contributed by atoms with E-state index in [9.17, 15) is 5.11 Å². The molecule has 2 N–H and O–H groups in total. The summed E-state index contributed by atoms with van der Waals surface area (Å²) in [4.78, 5) is 0. The van der Waals surface area contributed by atoms with Crippen molar-refractivity contribution in [1.29, 1.82) is 0 Å². The summed E-state index contributed by atoms with van der Waals surface area (Å²) in [6, 6.07) is 6.00. The van der Waals surface area contributed by atoms with Gasteiger partial charge in [0.15, 0.2) is 11.5 Å². The smallest absolute Gasteiger partial charge is 0.160 e. The zero-order valence-electron chi connectivity index (χ0n) is 11.7. The van der Waals surface area contributed by atoms with E-state index in [0.717, 1.165) is 12.1 Å². The summed E-state index contributed by atoms with van der Waals surface area (Å²) in [5.74, 6) is 0.727. The van der Waals surface area contributed by atoms with Crippen molar-refractivity contribution in [3.63, 3.8) is 0 Å². The second-order valence-electron chi connectivity index (χ2n) is 4.78. The van der Waals surface area contributed by atoms with Crippen LogP contribution in [0.15, 0.2) is 18.2 Å². The largest absolute Gasteiger partial charge is 0.504 e. The van der Waals surface area contributed by atoms with Crippen LogP contribution in [0, 0.1) is 0 Å². The van der Waals surface area contributed by atoms with Gasteiger partial charge in [-0.2, -0.15) is 0 Å². The number of hydrogen-bond donors (Lipinski definition) is 2. The molecule has 1 unspecified atom stereocenters. The number of phenols is 1. The molecule has 0 bridgehead atoms. The Bertz CT molecular complexity index is 352. The Morgan fingerprint density at radius 3 is 2.78 bits per heavy atom. The van der Waals surface area contributed by atoms with E-state index in [1.165, 1.54) is 25.7 Å². The normalized spacial score (nSPS) is 12.4. The fourth-order valence-electron chi connectivity index (χ4n) is 1.93. The fourth-order valence-corrected chi connectivity index (χ4v) is 1.93. The summed E-state index contributed by atoms with van der Waals surface area (Å²) in [6.07, 6.45) is 5.06. The molecular weight excluding hydrogens is 226 g/mol. The molecule has 102 valence electrons. The molecule has 0 fully saturated rings. The Kier molecular flexibility index (Phi) is 6.58. The van der Waals surface area contributed by atoms with Crippen molar-refractivity contribution in [2.24, 2.45) is 0 Å². The second-order valence-corrected chi connectivity index (χ2v) is 4.78. The van der Waals surface area contributed by atoms with Crippen LogP contribution in [0.3, 0.4) is 0 Å². The van der Waals surface area contributed by atoms with Crippen molar-refractivity contribution in [3.8, 4) is 11.5 Å². The quantitative estimate of drug-likeness (QED) is 0.695. The standard InChI is InChI=1S/C15H25NO2/c1-4-5-6-7-12(2)16-11-13-8-9-14(17)15(10-13)18-3/h8-10,12,16-17H,4-7,11H2,1-3H3. The highest BCUT2D eigenvalue weighted by Gasteiger charge is 2.04. The molecule has 3 heteroatoms. The molecule has 0 spiro atoms. The van der Waals surface area contributed by atoms with Gasteiger partial charge in [-0.15, -0.1) is 0 Å². The lowest BCUT2D eigenvalue weighted by atomic mass is 10.1. The summed E-state index contributed by atoms with van der Waals surface area (Å²) < 4.78 is 5.09. The highest BCUT2D eigenvalue weighted by molar-refractivity contribution is 5.41. The molecule has 3 nitrogen and oxygen atoms in total. The molecule has 0 amide bonds. The SMILES string of the molecule is CCCCCC(C)NCc1ccc(O)c(OC)c1. The van der Waals surface area contributed by atoms with Crippen molar-refractivity contribution < 1.29 is 9.84 Å². The number of hydrogen-bond acceptors (Lipinski definition) is 3. The van der Waals surface area contributed by atoms with Gasteiger partial charge in [-0.3, -0.25) is 0 Å². The van der Waals surface area contributed by atoms with Gasteiger partial charge < -0.3 is 15.2 Å². The minimum atomic E-state index is 0.192. The third kappa shape index (κ3) is 4.96. The maximum Gasteiger partial charge on any atom is 0.160 e. The van der Waals surface area contributed by atoms with Crippen LogP contribution < -0.4 is 10.1 Å². The summed E-state index contributed by atoms with van der Waals surface area (Å²) in [5, 5.41) is 13.0. The zero-order valence-corrected chi connectivity index (χ0v) is 11.7. The van der Waals surface area contributed by atoms with Crippen LogP contribution in [0.25, 0.3) is 0 Å². The van der Waals surface area contributed by atoms with Crippen LogP contribution in [-0.4, -0.2) is 18.3 Å². The van der Waals surface area contributed by atoms with E-state index in [2.05, 4.69) is 19.2 Å². The third-order valence-corrected chi connectivity index (χ3v) is 3.14. The van der Waals surface area contributed by atoms with Crippen LogP contribution in [0.5, 0.6) is 11.5 Å². The maximum atomic E-state index is 9.51. The third-order valence-electron chi connectivity index (χ3n) is 3.14. The number of unbranched alkanes of at least 4 members (excludes halogenated alkanes) is 2. The van der Waals surface area contributed by atoms with E-state index >= 15 is 0 Å². The lowest BCUT2D eigenvalue weighted by molar-refractivity contribution is 0.372. The lowest BCUT2D eigenvalue weighted by Gasteiger charge is -2.14. The molecule has 0 saturated carbocycles. The van der Waals surface area contributed by atoms with Gasteiger partial charge in [0.05, 0.1) is 7.11 Å². The molecule has 18 heavy (non-hydrogen) atoms. The predicted molar refractivity (Wildman–Crippen MR) is 75.1 cm³/mol. The van der Waals surface area contributed by atoms with Gasteiger partial charge in [-0.1, -0.05) is 32.3 Å². The second kappa shape index (κ2) is 7.98. The molecule has 0 aromatic heterocycles. The molecule has 0 aliphatic heterocycles. The van der Waals surface area contributed by atoms with Gasteiger partial charge in [-0.25, -0.2) is 0 Å². The van der Waals surface area contributed by atoms with Crippen molar-refractivity contribution in [2.45, 2.75) is 52.1 Å². The van der Waals surface area contributed by atoms with Crippen LogP contribution in [0.1, 0.15) is 45.1 Å². The first kappa shape index (κ1) is 14.8. The Balaban J connectivity index is 2.38. The van der Waals surface area contributed by atoms with E-state index in [4.69, 9.17) is 4.74 Å². The maximum absolute atomic E-state index is 9.51. The van der Waals surface area contributed by atoms with Crippen molar-refractivity contribution in [3.05, 3.63) is 23.8 Å². The van der Waals surface area contributed by atoms with Gasteiger partial charge in [0.25, 0.3) is 0 Å². The summed E-state index contributed by atoms with van der Waals surface area (Å²) in [7, 11) is 1.57. The Morgan fingerprint density at radius 2 is 2.11 bits per heavy atom. The highest BCUT2D eigenvalue weighted by Crippen LogP contribution is 2.26. The van der Waals surface area contributed by atoms with Gasteiger partial charge in [0.2, 0.25) is 0 Å². The van der Waals surface area contributed by atoms with Gasteiger partial charge in [-0.05, 0) is 31.0 Å². The molecule has 1 aromatic rings. The van der Waals surface area contributed by atoms with Gasteiger partial charge >= 0.3 is 0 Å². The lowest BCUT2D eigenvalue weighted by Crippen LogP contribution is -2.25. The number of rotatable bonds is 8. The van der Waals surface area contributed by atoms with Crippen molar-refractivity contribution in [2.75, 3.05) is 7.11 Å². The number of methoxy groups -OCH3 is 1. The van der Waals surface area contributed by atoms with Crippen molar-refractivity contribution in [1.82, 2.24) is 5.32 Å². The summed E-state index contributed by atoms with van der Waals surface area (Å²) in [6.45, 7) is 5.25. The van der Waals surface area contributed by atoms with E-state index in [1.807, 2.05) is 12.1 Å². The first-order valence-electron chi connectivity index (χ1n) is 6.76. The predicted octanol–water partition coefficient (Wildman–Crippen LogP) is 3.46. The highest BCUT2D eigenvalue weighted by atomic mass is 16.5. The molecule has 0 heterocycles. The molecule has 0 radical (unpaired) electrons. The minimum Gasteiger partial charge on any atom is -0.504 e. The van der Waals surface area contributed by atoms with Crippen LogP contribution in [0.4, 0.5) is 0 Å². The monoisotopic (exact) mass is 251 g/mol. The minimum absolute atomic E-state index is 0.192. The van der Waals surface area contributed by atoms with Crippen LogP contribution in [-0.2, 0) is 6.54 Å². The number of benzene rings is 1.